The lowest BCUT2D eigenvalue weighted by Crippen LogP contribution is -2.61. The Labute approximate surface area is 192 Å². The first kappa shape index (κ1) is 23.8. The Balaban J connectivity index is 1.74. The van der Waals surface area contributed by atoms with Gasteiger partial charge in [-0.2, -0.15) is 0 Å². The van der Waals surface area contributed by atoms with Gasteiger partial charge in [0.1, 0.15) is 18.7 Å². The minimum absolute atomic E-state index is 0.0698. The van der Waals surface area contributed by atoms with Gasteiger partial charge in [0, 0.05) is 13.0 Å². The average Bonchev–Trinajstić information content (AvgIpc) is 3.10. The molecule has 2 aromatic rings. The maximum Gasteiger partial charge on any atom is 0.408 e. The van der Waals surface area contributed by atoms with Crippen LogP contribution in [0.15, 0.2) is 48.5 Å². The number of ether oxygens (including phenoxy) is 2. The number of hydrogen-bond donors (Lipinski definition) is 2. The van der Waals surface area contributed by atoms with Crippen molar-refractivity contribution in [3.63, 3.8) is 0 Å². The van der Waals surface area contributed by atoms with Gasteiger partial charge in [-0.05, 0) is 29.2 Å². The van der Waals surface area contributed by atoms with Crippen molar-refractivity contribution in [3.8, 4) is 23.5 Å². The Kier molecular flexibility index (Phi) is 7.36. The molecule has 0 aliphatic heterocycles. The summed E-state index contributed by atoms with van der Waals surface area (Å²) in [6, 6.07) is 15.9. The molecule has 0 fully saturated rings. The molecule has 1 atom stereocenters. The van der Waals surface area contributed by atoms with Crippen molar-refractivity contribution in [2.75, 3.05) is 33.4 Å². The highest BCUT2D eigenvalue weighted by atomic mass is 16.5. The van der Waals surface area contributed by atoms with Crippen LogP contribution in [0.5, 0.6) is 0 Å². The van der Waals surface area contributed by atoms with Crippen molar-refractivity contribution in [3.05, 3.63) is 59.7 Å². The number of hydrogen-bond acceptors (Lipinski definition) is 5. The van der Waals surface area contributed by atoms with Crippen molar-refractivity contribution in [2.24, 2.45) is 0 Å². The highest BCUT2D eigenvalue weighted by Gasteiger charge is 2.40. The number of rotatable bonds is 9. The number of methoxy groups -OCH3 is 1. The van der Waals surface area contributed by atoms with Gasteiger partial charge < -0.3 is 24.8 Å². The van der Waals surface area contributed by atoms with Crippen LogP contribution in [0.1, 0.15) is 24.0 Å². The van der Waals surface area contributed by atoms with Crippen molar-refractivity contribution in [1.82, 2.24) is 10.2 Å². The molecule has 3 rings (SSSR count). The van der Waals surface area contributed by atoms with Crippen LogP contribution in [0, 0.1) is 12.3 Å². The molecule has 0 radical (unpaired) electrons. The Bertz CT molecular complexity index is 1050. The summed E-state index contributed by atoms with van der Waals surface area (Å²) in [4.78, 5) is 37.8. The third kappa shape index (κ3) is 5.16. The van der Waals surface area contributed by atoms with Gasteiger partial charge in [-0.3, -0.25) is 9.59 Å². The van der Waals surface area contributed by atoms with Crippen LogP contribution < -0.4 is 5.32 Å². The normalized spacial score (nSPS) is 13.7. The quantitative estimate of drug-likeness (QED) is 0.569. The molecule has 0 saturated carbocycles. The number of terminal acetylenes is 1. The summed E-state index contributed by atoms with van der Waals surface area (Å²) in [5.74, 6) is 0.214. The summed E-state index contributed by atoms with van der Waals surface area (Å²) < 4.78 is 10.6. The molecule has 0 saturated heterocycles. The number of alkyl carbamates (subject to hydrolysis) is 1. The number of carboxylic acids is 1. The molecule has 8 nitrogen and oxygen atoms in total. The number of carboxylic acid groups (broad SMARTS) is 1. The maximum atomic E-state index is 13.0. The fraction of sp³-hybridized carbons (Fsp3) is 0.320. The Morgan fingerprint density at radius 3 is 2.21 bits per heavy atom. The molecular formula is C25H26N2O6. The van der Waals surface area contributed by atoms with Crippen LogP contribution in [-0.2, 0) is 19.1 Å². The number of fused-ring (bicyclic) bond motifs is 3. The molecule has 1 unspecified atom stereocenters. The van der Waals surface area contributed by atoms with Crippen molar-refractivity contribution in [1.29, 1.82) is 0 Å². The summed E-state index contributed by atoms with van der Waals surface area (Å²) in [7, 11) is 1.37. The van der Waals surface area contributed by atoms with E-state index in [1.54, 1.807) is 0 Å². The van der Waals surface area contributed by atoms with Gasteiger partial charge in [0.05, 0.1) is 13.2 Å². The highest BCUT2D eigenvalue weighted by Crippen LogP contribution is 2.44. The second-order valence-electron chi connectivity index (χ2n) is 7.97. The van der Waals surface area contributed by atoms with Crippen LogP contribution in [0.4, 0.5) is 4.79 Å². The van der Waals surface area contributed by atoms with Crippen molar-refractivity contribution in [2.45, 2.75) is 18.4 Å². The lowest BCUT2D eigenvalue weighted by molar-refractivity contribution is -0.147. The number of amides is 2. The SMILES string of the molecule is C#CCN(CC(=O)O)C(=O)C(C)(COC)NC(=O)OCC1c2ccccc2-c2ccccc21. The monoisotopic (exact) mass is 450 g/mol. The fourth-order valence-corrected chi connectivity index (χ4v) is 4.12. The van der Waals surface area contributed by atoms with Gasteiger partial charge in [-0.15, -0.1) is 6.42 Å². The number of nitrogens with zero attached hydrogens (tertiary/aromatic N) is 1. The molecule has 2 N–H and O–H groups in total. The van der Waals surface area contributed by atoms with Crippen molar-refractivity contribution < 1.29 is 29.0 Å². The highest BCUT2D eigenvalue weighted by molar-refractivity contribution is 5.92. The van der Waals surface area contributed by atoms with Crippen LogP contribution >= 0.6 is 0 Å². The zero-order valence-corrected chi connectivity index (χ0v) is 18.5. The second-order valence-corrected chi connectivity index (χ2v) is 7.97. The molecule has 2 amide bonds. The van der Waals surface area contributed by atoms with E-state index in [0.29, 0.717) is 0 Å². The summed E-state index contributed by atoms with van der Waals surface area (Å²) in [6.45, 7) is 0.480. The fourth-order valence-electron chi connectivity index (χ4n) is 4.12. The van der Waals surface area contributed by atoms with E-state index in [2.05, 4.69) is 11.2 Å². The van der Waals surface area contributed by atoms with Gasteiger partial charge in [0.2, 0.25) is 0 Å². The number of carbonyl (C=O) groups is 3. The molecule has 172 valence electrons. The summed E-state index contributed by atoms with van der Waals surface area (Å²) in [6.07, 6.45) is 4.46. The van der Waals surface area contributed by atoms with E-state index in [4.69, 9.17) is 21.0 Å². The van der Waals surface area contributed by atoms with E-state index in [9.17, 15) is 14.4 Å². The van der Waals surface area contributed by atoms with E-state index >= 15 is 0 Å². The van der Waals surface area contributed by atoms with Gasteiger partial charge in [-0.1, -0.05) is 54.5 Å². The van der Waals surface area contributed by atoms with Gasteiger partial charge in [-0.25, -0.2) is 4.79 Å². The van der Waals surface area contributed by atoms with Crippen LogP contribution in [0.25, 0.3) is 11.1 Å². The predicted octanol–water partition coefficient (Wildman–Crippen LogP) is 2.48. The van der Waals surface area contributed by atoms with E-state index < -0.39 is 30.1 Å². The second kappa shape index (κ2) is 10.2. The molecule has 1 aliphatic carbocycles. The summed E-state index contributed by atoms with van der Waals surface area (Å²) in [5.41, 5.74) is 2.75. The van der Waals surface area contributed by atoms with E-state index in [0.717, 1.165) is 27.2 Å². The van der Waals surface area contributed by atoms with E-state index in [1.165, 1.54) is 14.0 Å². The first-order valence-electron chi connectivity index (χ1n) is 10.4. The first-order chi connectivity index (χ1) is 15.8. The van der Waals surface area contributed by atoms with E-state index in [-0.39, 0.29) is 25.7 Å². The smallest absolute Gasteiger partial charge is 0.408 e. The molecular weight excluding hydrogens is 424 g/mol. The summed E-state index contributed by atoms with van der Waals surface area (Å²) >= 11 is 0. The topological polar surface area (TPSA) is 105 Å². The van der Waals surface area contributed by atoms with Crippen molar-refractivity contribution >= 4 is 18.0 Å². The Morgan fingerprint density at radius 1 is 1.12 bits per heavy atom. The Hall–Kier alpha value is -3.83. The van der Waals surface area contributed by atoms with Crippen LogP contribution in [0.3, 0.4) is 0 Å². The minimum Gasteiger partial charge on any atom is -0.480 e. The standard InChI is InChI=1S/C25H26N2O6/c1-4-13-27(14-22(28)29)23(30)25(2,16-32-3)26-24(31)33-15-21-19-11-7-5-9-17(19)18-10-6-8-12-20(18)21/h1,5-12,21H,13-16H2,2-3H3,(H,26,31)(H,28,29). The third-order valence-electron chi connectivity index (χ3n) is 5.52. The van der Waals surface area contributed by atoms with Gasteiger partial charge in [0.15, 0.2) is 0 Å². The van der Waals surface area contributed by atoms with Gasteiger partial charge in [0.25, 0.3) is 5.91 Å². The van der Waals surface area contributed by atoms with Gasteiger partial charge >= 0.3 is 12.1 Å². The summed E-state index contributed by atoms with van der Waals surface area (Å²) in [5, 5.41) is 11.6. The molecule has 1 aliphatic rings. The Morgan fingerprint density at radius 2 is 1.70 bits per heavy atom. The van der Waals surface area contributed by atoms with Crippen LogP contribution in [0.2, 0.25) is 0 Å². The zero-order valence-electron chi connectivity index (χ0n) is 18.5. The van der Waals surface area contributed by atoms with Crippen LogP contribution in [-0.4, -0.2) is 66.9 Å². The maximum absolute atomic E-state index is 13.0. The molecule has 0 aromatic heterocycles. The molecule has 0 bridgehead atoms. The number of benzene rings is 2. The molecule has 33 heavy (non-hydrogen) atoms. The largest absolute Gasteiger partial charge is 0.480 e. The minimum atomic E-state index is -1.57. The lowest BCUT2D eigenvalue weighted by Gasteiger charge is -2.33. The van der Waals surface area contributed by atoms with E-state index in [1.807, 2.05) is 48.5 Å². The average molecular weight is 450 g/mol. The zero-order chi connectivity index (χ0) is 24.0. The molecule has 8 heteroatoms. The molecule has 0 spiro atoms. The molecule has 2 aromatic carbocycles. The molecule has 0 heterocycles. The number of aliphatic carboxylic acids is 1. The third-order valence-corrected chi connectivity index (χ3v) is 5.52. The number of carbonyl (C=O) groups excluding carboxylic acids is 2. The first-order valence-corrected chi connectivity index (χ1v) is 10.4. The predicted molar refractivity (Wildman–Crippen MR) is 122 cm³/mol. The lowest BCUT2D eigenvalue weighted by atomic mass is 9.98. The number of nitrogens with one attached hydrogen (secondary N) is 1.